The summed E-state index contributed by atoms with van der Waals surface area (Å²) in [4.78, 5) is 22.6. The third-order valence-electron chi connectivity index (χ3n) is 4.43. The van der Waals surface area contributed by atoms with Gasteiger partial charge in [-0.3, -0.25) is 20.0 Å². The molecule has 8 nitrogen and oxygen atoms in total. The fourth-order valence-electron chi connectivity index (χ4n) is 2.90. The Hall–Kier alpha value is -4.04. The highest BCUT2D eigenvalue weighted by atomic mass is 35.5. The number of carbonyl (C=O) groups excluding carboxylic acids is 1. The van der Waals surface area contributed by atoms with E-state index in [0.717, 1.165) is 16.3 Å². The number of carbonyl (C=O) groups is 1. The zero-order chi connectivity index (χ0) is 21.1. The second kappa shape index (κ2) is 8.14. The monoisotopic (exact) mass is 419 g/mol. The van der Waals surface area contributed by atoms with Crippen LogP contribution < -0.4 is 5.43 Å². The minimum atomic E-state index is -0.537. The molecule has 3 aromatic carbocycles. The number of non-ortho nitro benzene ring substituents is 1. The van der Waals surface area contributed by atoms with E-state index in [1.54, 1.807) is 6.07 Å². The molecule has 0 spiro atoms. The van der Waals surface area contributed by atoms with Gasteiger partial charge in [0.15, 0.2) is 0 Å². The molecule has 4 aromatic rings. The van der Waals surface area contributed by atoms with Crippen molar-refractivity contribution in [2.24, 2.45) is 5.10 Å². The van der Waals surface area contributed by atoms with Gasteiger partial charge >= 0.3 is 0 Å². The molecule has 9 heteroatoms. The van der Waals surface area contributed by atoms with Gasteiger partial charge in [-0.2, -0.15) is 10.2 Å². The number of nitro benzene ring substituents is 1. The summed E-state index contributed by atoms with van der Waals surface area (Å²) in [6, 6.07) is 19.5. The first kappa shape index (κ1) is 19.3. The average molecular weight is 420 g/mol. The van der Waals surface area contributed by atoms with Crippen LogP contribution in [0.2, 0.25) is 5.02 Å². The molecule has 0 atom stereocenters. The number of amides is 1. The standard InChI is InChI=1S/C21H14ClN5O3/c22-18-8-7-17(27(29)30)10-16(18)12-23-26-21(28)20-11-19(24-25-20)15-6-5-13-3-1-2-4-14(13)9-15/h1-12H,(H,24,25)(H,26,28)/b23-12+. The van der Waals surface area contributed by atoms with Crippen molar-refractivity contribution in [3.63, 3.8) is 0 Å². The quantitative estimate of drug-likeness (QED) is 0.280. The van der Waals surface area contributed by atoms with E-state index >= 15 is 0 Å². The summed E-state index contributed by atoms with van der Waals surface area (Å²) in [5.74, 6) is -0.507. The Kier molecular flexibility index (Phi) is 5.23. The summed E-state index contributed by atoms with van der Waals surface area (Å²) in [6.45, 7) is 0. The van der Waals surface area contributed by atoms with Crippen LogP contribution in [0.25, 0.3) is 22.0 Å². The SMILES string of the molecule is O=C(N/N=C/c1cc([N+](=O)[O-])ccc1Cl)c1cc(-c2ccc3ccccc3c2)n[nH]1. The van der Waals surface area contributed by atoms with Crippen molar-refractivity contribution in [3.05, 3.63) is 93.1 Å². The average Bonchev–Trinajstić information content (AvgIpc) is 3.25. The summed E-state index contributed by atoms with van der Waals surface area (Å²) >= 11 is 6.00. The molecule has 0 saturated heterocycles. The van der Waals surface area contributed by atoms with Crippen LogP contribution in [0.15, 0.2) is 71.8 Å². The molecule has 0 saturated carbocycles. The molecule has 148 valence electrons. The molecule has 0 aliphatic carbocycles. The number of aromatic nitrogens is 2. The number of nitrogens with one attached hydrogen (secondary N) is 2. The minimum Gasteiger partial charge on any atom is -0.272 e. The van der Waals surface area contributed by atoms with Gasteiger partial charge in [-0.15, -0.1) is 0 Å². The lowest BCUT2D eigenvalue weighted by Crippen LogP contribution is -2.18. The normalized spacial score (nSPS) is 11.1. The molecule has 0 aliphatic rings. The van der Waals surface area contributed by atoms with E-state index in [2.05, 4.69) is 20.7 Å². The topological polar surface area (TPSA) is 113 Å². The number of fused-ring (bicyclic) bond motifs is 1. The lowest BCUT2D eigenvalue weighted by molar-refractivity contribution is -0.384. The highest BCUT2D eigenvalue weighted by molar-refractivity contribution is 6.33. The molecule has 0 radical (unpaired) electrons. The van der Waals surface area contributed by atoms with Crippen LogP contribution in [0.1, 0.15) is 16.1 Å². The lowest BCUT2D eigenvalue weighted by Gasteiger charge is -2.00. The van der Waals surface area contributed by atoms with Gasteiger partial charge in [0, 0.05) is 28.3 Å². The number of nitro groups is 1. The molecule has 0 bridgehead atoms. The second-order valence-electron chi connectivity index (χ2n) is 6.39. The molecule has 30 heavy (non-hydrogen) atoms. The summed E-state index contributed by atoms with van der Waals surface area (Å²) in [6.07, 6.45) is 1.24. The third kappa shape index (κ3) is 4.03. The van der Waals surface area contributed by atoms with E-state index in [1.807, 2.05) is 42.5 Å². The minimum absolute atomic E-state index is 0.124. The zero-order valence-corrected chi connectivity index (χ0v) is 16.1. The number of hydrazone groups is 1. The van der Waals surface area contributed by atoms with E-state index in [9.17, 15) is 14.9 Å². The van der Waals surface area contributed by atoms with Crippen LogP contribution >= 0.6 is 11.6 Å². The number of aromatic amines is 1. The van der Waals surface area contributed by atoms with Crippen LogP contribution in [0.3, 0.4) is 0 Å². The predicted molar refractivity (Wildman–Crippen MR) is 115 cm³/mol. The summed E-state index contributed by atoms with van der Waals surface area (Å²) in [5.41, 5.74) is 4.25. The first-order chi connectivity index (χ1) is 14.5. The van der Waals surface area contributed by atoms with E-state index in [0.29, 0.717) is 11.3 Å². The molecule has 4 rings (SSSR count). The number of nitrogens with zero attached hydrogens (tertiary/aromatic N) is 3. The largest absolute Gasteiger partial charge is 0.289 e. The summed E-state index contributed by atoms with van der Waals surface area (Å²) in [5, 5.41) is 24.0. The third-order valence-corrected chi connectivity index (χ3v) is 4.77. The maximum absolute atomic E-state index is 12.3. The number of hydrogen-bond acceptors (Lipinski definition) is 5. The van der Waals surface area contributed by atoms with Crippen molar-refractivity contribution in [2.75, 3.05) is 0 Å². The Morgan fingerprint density at radius 1 is 1.10 bits per heavy atom. The Morgan fingerprint density at radius 2 is 1.90 bits per heavy atom. The van der Waals surface area contributed by atoms with Gasteiger partial charge in [-0.1, -0.05) is 48.0 Å². The molecule has 2 N–H and O–H groups in total. The van der Waals surface area contributed by atoms with Crippen LogP contribution in [0.5, 0.6) is 0 Å². The maximum atomic E-state index is 12.3. The van der Waals surface area contributed by atoms with Crippen molar-refractivity contribution in [1.29, 1.82) is 0 Å². The summed E-state index contributed by atoms with van der Waals surface area (Å²) < 4.78 is 0. The van der Waals surface area contributed by atoms with Crippen LogP contribution in [0.4, 0.5) is 5.69 Å². The zero-order valence-electron chi connectivity index (χ0n) is 15.4. The van der Waals surface area contributed by atoms with Crippen LogP contribution in [0, 0.1) is 10.1 Å². The first-order valence-electron chi connectivity index (χ1n) is 8.83. The molecular weight excluding hydrogens is 406 g/mol. The number of halogens is 1. The predicted octanol–water partition coefficient (Wildman–Crippen LogP) is 4.56. The van der Waals surface area contributed by atoms with Crippen LogP contribution in [-0.4, -0.2) is 27.2 Å². The van der Waals surface area contributed by atoms with Gasteiger partial charge in [-0.05, 0) is 29.0 Å². The summed E-state index contributed by atoms with van der Waals surface area (Å²) in [7, 11) is 0. The molecule has 0 unspecified atom stereocenters. The van der Waals surface area contributed by atoms with Gasteiger partial charge in [0.2, 0.25) is 0 Å². The van der Waals surface area contributed by atoms with Gasteiger partial charge in [0.25, 0.3) is 11.6 Å². The van der Waals surface area contributed by atoms with E-state index in [4.69, 9.17) is 11.6 Å². The van der Waals surface area contributed by atoms with Crippen molar-refractivity contribution in [1.82, 2.24) is 15.6 Å². The highest BCUT2D eigenvalue weighted by Crippen LogP contribution is 2.23. The molecule has 1 amide bonds. The molecule has 0 fully saturated rings. The maximum Gasteiger partial charge on any atom is 0.289 e. The van der Waals surface area contributed by atoms with Gasteiger partial charge in [0.05, 0.1) is 16.8 Å². The van der Waals surface area contributed by atoms with Crippen LogP contribution in [-0.2, 0) is 0 Å². The van der Waals surface area contributed by atoms with Gasteiger partial charge < -0.3 is 0 Å². The van der Waals surface area contributed by atoms with Gasteiger partial charge in [-0.25, -0.2) is 5.43 Å². The number of benzene rings is 3. The highest BCUT2D eigenvalue weighted by Gasteiger charge is 2.12. The first-order valence-corrected chi connectivity index (χ1v) is 9.21. The fraction of sp³-hybridized carbons (Fsp3) is 0. The van der Waals surface area contributed by atoms with E-state index in [-0.39, 0.29) is 16.4 Å². The number of H-pyrrole nitrogens is 1. The van der Waals surface area contributed by atoms with Crippen molar-refractivity contribution in [3.8, 4) is 11.3 Å². The Morgan fingerprint density at radius 3 is 2.70 bits per heavy atom. The Balaban J connectivity index is 1.48. The molecule has 1 heterocycles. The van der Waals surface area contributed by atoms with Crippen molar-refractivity contribution >= 4 is 40.2 Å². The van der Waals surface area contributed by atoms with Crippen molar-refractivity contribution < 1.29 is 9.72 Å². The molecule has 1 aromatic heterocycles. The Bertz CT molecular complexity index is 1300. The van der Waals surface area contributed by atoms with Crippen molar-refractivity contribution in [2.45, 2.75) is 0 Å². The van der Waals surface area contributed by atoms with Gasteiger partial charge in [0.1, 0.15) is 5.69 Å². The fourth-order valence-corrected chi connectivity index (χ4v) is 3.07. The number of hydrogen-bond donors (Lipinski definition) is 2. The lowest BCUT2D eigenvalue weighted by atomic mass is 10.1. The van der Waals surface area contributed by atoms with E-state index in [1.165, 1.54) is 24.4 Å². The van der Waals surface area contributed by atoms with E-state index < -0.39 is 10.8 Å². The molecule has 0 aliphatic heterocycles. The molecular formula is C21H14ClN5O3. The smallest absolute Gasteiger partial charge is 0.272 e. The Labute approximate surface area is 175 Å². The number of rotatable bonds is 5. The second-order valence-corrected chi connectivity index (χ2v) is 6.80.